The largest absolute Gasteiger partial charge is 0.492 e. The Morgan fingerprint density at radius 1 is 0.914 bits per heavy atom. The number of carbonyl (C=O) groups excluding carboxylic acids is 1. The summed E-state index contributed by atoms with van der Waals surface area (Å²) in [6, 6.07) is 20.6. The zero-order chi connectivity index (χ0) is 24.6. The molecule has 1 aliphatic heterocycles. The molecule has 0 aliphatic carbocycles. The molecule has 3 aromatic rings. The molecule has 1 heterocycles. The molecule has 180 valence electrons. The van der Waals surface area contributed by atoms with Crippen molar-refractivity contribution in [3.05, 3.63) is 87.8 Å². The number of aliphatic imine (C=N–C) groups is 1. The van der Waals surface area contributed by atoms with E-state index in [0.29, 0.717) is 57.9 Å². The van der Waals surface area contributed by atoms with Gasteiger partial charge in [0.15, 0.2) is 16.7 Å². The number of nitrogens with zero attached hydrogens (tertiary/aromatic N) is 1. The summed E-state index contributed by atoms with van der Waals surface area (Å²) < 4.78 is 17.4. The number of benzene rings is 3. The third-order valence-corrected chi connectivity index (χ3v) is 6.07. The Bertz CT molecular complexity index is 1260. The van der Waals surface area contributed by atoms with Crippen LogP contribution in [0.5, 0.6) is 17.2 Å². The first kappa shape index (κ1) is 24.7. The highest BCUT2D eigenvalue weighted by atomic mass is 35.5. The molecule has 0 spiro atoms. The Morgan fingerprint density at radius 3 is 2.43 bits per heavy atom. The highest BCUT2D eigenvalue weighted by molar-refractivity contribution is 8.18. The molecular formula is C27H25ClN2O4S. The second kappa shape index (κ2) is 11.8. The van der Waals surface area contributed by atoms with E-state index in [1.54, 1.807) is 0 Å². The van der Waals surface area contributed by atoms with Gasteiger partial charge in [-0.15, -0.1) is 0 Å². The molecule has 0 unspecified atom stereocenters. The average molecular weight is 509 g/mol. The molecule has 0 aromatic heterocycles. The summed E-state index contributed by atoms with van der Waals surface area (Å²) in [6.07, 6.45) is 1.81. The van der Waals surface area contributed by atoms with E-state index in [1.807, 2.05) is 86.7 Å². The molecule has 4 rings (SSSR count). The van der Waals surface area contributed by atoms with Crippen LogP contribution in [0.4, 0.5) is 5.69 Å². The monoisotopic (exact) mass is 508 g/mol. The number of nitrogens with one attached hydrogen (secondary N) is 1. The van der Waals surface area contributed by atoms with Crippen LogP contribution in [0.15, 0.2) is 76.6 Å². The van der Waals surface area contributed by atoms with Crippen molar-refractivity contribution in [3.63, 3.8) is 0 Å². The van der Waals surface area contributed by atoms with Crippen LogP contribution in [-0.2, 0) is 11.4 Å². The van der Waals surface area contributed by atoms with E-state index in [9.17, 15) is 4.79 Å². The van der Waals surface area contributed by atoms with E-state index in [2.05, 4.69) is 10.3 Å². The number of thioether (sulfide) groups is 1. The quantitative estimate of drug-likeness (QED) is 0.329. The maximum Gasteiger partial charge on any atom is 0.264 e. The Morgan fingerprint density at radius 2 is 1.66 bits per heavy atom. The number of ether oxygens (including phenoxy) is 3. The van der Waals surface area contributed by atoms with Crippen molar-refractivity contribution < 1.29 is 19.0 Å². The zero-order valence-electron chi connectivity index (χ0n) is 19.4. The SMILES string of the molecule is CCOc1ccccc1N=C1NC(=O)C(=Cc2ccc(OCc3ccc(Cl)cc3)c(OCC)c2)S1. The van der Waals surface area contributed by atoms with Crippen molar-refractivity contribution >= 4 is 46.2 Å². The lowest BCUT2D eigenvalue weighted by Gasteiger charge is -2.13. The van der Waals surface area contributed by atoms with Crippen molar-refractivity contribution in [2.45, 2.75) is 20.5 Å². The van der Waals surface area contributed by atoms with Crippen molar-refractivity contribution in [2.75, 3.05) is 13.2 Å². The van der Waals surface area contributed by atoms with E-state index in [1.165, 1.54) is 11.8 Å². The molecule has 3 aromatic carbocycles. The standard InChI is InChI=1S/C27H25ClN2O4S/c1-3-32-22-8-6-5-7-21(22)29-27-30-26(31)25(35-27)16-19-11-14-23(24(15-19)33-4-2)34-17-18-9-12-20(28)13-10-18/h5-16H,3-4,17H2,1-2H3,(H,29,30,31). The molecule has 0 bridgehead atoms. The first-order valence-corrected chi connectivity index (χ1v) is 12.4. The van der Waals surface area contributed by atoms with Crippen LogP contribution in [0.1, 0.15) is 25.0 Å². The molecular weight excluding hydrogens is 484 g/mol. The summed E-state index contributed by atoms with van der Waals surface area (Å²) in [4.78, 5) is 17.7. The minimum absolute atomic E-state index is 0.205. The Hall–Kier alpha value is -3.42. The number of hydrogen-bond donors (Lipinski definition) is 1. The fourth-order valence-corrected chi connectivity index (χ4v) is 4.27. The van der Waals surface area contributed by atoms with Crippen LogP contribution in [0, 0.1) is 0 Å². The molecule has 8 heteroatoms. The van der Waals surface area contributed by atoms with Gasteiger partial charge in [0.2, 0.25) is 0 Å². The Labute approximate surface area is 214 Å². The first-order valence-electron chi connectivity index (χ1n) is 11.2. The number of amides is 1. The molecule has 1 fully saturated rings. The topological polar surface area (TPSA) is 69.2 Å². The van der Waals surface area contributed by atoms with Gasteiger partial charge in [-0.2, -0.15) is 0 Å². The van der Waals surface area contributed by atoms with Gasteiger partial charge in [-0.3, -0.25) is 4.79 Å². The minimum Gasteiger partial charge on any atom is -0.492 e. The van der Waals surface area contributed by atoms with Gasteiger partial charge in [-0.1, -0.05) is 41.9 Å². The second-order valence-electron chi connectivity index (χ2n) is 7.44. The van der Waals surface area contributed by atoms with Gasteiger partial charge in [-0.05, 0) is 79.2 Å². The van der Waals surface area contributed by atoms with Crippen LogP contribution < -0.4 is 19.5 Å². The van der Waals surface area contributed by atoms with Crippen LogP contribution in [-0.4, -0.2) is 24.3 Å². The predicted octanol–water partition coefficient (Wildman–Crippen LogP) is 6.61. The number of carbonyl (C=O) groups is 1. The number of halogens is 1. The first-order chi connectivity index (χ1) is 17.1. The lowest BCUT2D eigenvalue weighted by molar-refractivity contribution is -0.115. The lowest BCUT2D eigenvalue weighted by atomic mass is 10.2. The van der Waals surface area contributed by atoms with Crippen LogP contribution in [0.25, 0.3) is 6.08 Å². The van der Waals surface area contributed by atoms with E-state index in [0.717, 1.165) is 11.1 Å². The van der Waals surface area contributed by atoms with E-state index in [-0.39, 0.29) is 5.91 Å². The molecule has 1 amide bonds. The van der Waals surface area contributed by atoms with Crippen molar-refractivity contribution in [2.24, 2.45) is 4.99 Å². The normalized spacial score (nSPS) is 15.3. The fraction of sp³-hybridized carbons (Fsp3) is 0.185. The summed E-state index contributed by atoms with van der Waals surface area (Å²) in [5.41, 5.74) is 2.49. The molecule has 0 radical (unpaired) electrons. The molecule has 0 atom stereocenters. The third kappa shape index (κ3) is 6.59. The lowest BCUT2D eigenvalue weighted by Crippen LogP contribution is -2.19. The van der Waals surface area contributed by atoms with Crippen LogP contribution in [0.3, 0.4) is 0 Å². The number of hydrogen-bond acceptors (Lipinski definition) is 6. The summed E-state index contributed by atoms with van der Waals surface area (Å²) in [5.74, 6) is 1.70. The average Bonchev–Trinajstić information content (AvgIpc) is 3.19. The van der Waals surface area contributed by atoms with E-state index < -0.39 is 0 Å². The van der Waals surface area contributed by atoms with Crippen LogP contribution >= 0.6 is 23.4 Å². The van der Waals surface area contributed by atoms with Gasteiger partial charge >= 0.3 is 0 Å². The zero-order valence-corrected chi connectivity index (χ0v) is 21.0. The predicted molar refractivity (Wildman–Crippen MR) is 142 cm³/mol. The molecule has 35 heavy (non-hydrogen) atoms. The highest BCUT2D eigenvalue weighted by Gasteiger charge is 2.24. The van der Waals surface area contributed by atoms with Gasteiger partial charge in [0.25, 0.3) is 5.91 Å². The van der Waals surface area contributed by atoms with Crippen molar-refractivity contribution in [1.82, 2.24) is 5.32 Å². The summed E-state index contributed by atoms with van der Waals surface area (Å²) in [7, 11) is 0. The Balaban J connectivity index is 1.51. The molecule has 0 saturated carbocycles. The van der Waals surface area contributed by atoms with Crippen molar-refractivity contribution in [1.29, 1.82) is 0 Å². The second-order valence-corrected chi connectivity index (χ2v) is 8.90. The van der Waals surface area contributed by atoms with Crippen molar-refractivity contribution in [3.8, 4) is 17.2 Å². The van der Waals surface area contributed by atoms with E-state index in [4.69, 9.17) is 25.8 Å². The third-order valence-electron chi connectivity index (χ3n) is 4.91. The smallest absolute Gasteiger partial charge is 0.264 e. The van der Waals surface area contributed by atoms with Gasteiger partial charge in [-0.25, -0.2) is 4.99 Å². The Kier molecular flexibility index (Phi) is 8.34. The number of rotatable bonds is 9. The number of para-hydroxylation sites is 2. The minimum atomic E-state index is -0.205. The molecule has 1 aliphatic rings. The molecule has 1 saturated heterocycles. The van der Waals surface area contributed by atoms with Gasteiger partial charge in [0.1, 0.15) is 18.0 Å². The van der Waals surface area contributed by atoms with Gasteiger partial charge < -0.3 is 19.5 Å². The summed E-state index contributed by atoms with van der Waals surface area (Å²) in [6.45, 7) is 5.24. The fourth-order valence-electron chi connectivity index (χ4n) is 3.31. The maximum atomic E-state index is 12.6. The molecule has 6 nitrogen and oxygen atoms in total. The highest BCUT2D eigenvalue weighted by Crippen LogP contribution is 2.34. The summed E-state index contributed by atoms with van der Waals surface area (Å²) in [5, 5.41) is 4.00. The maximum absolute atomic E-state index is 12.6. The molecule has 1 N–H and O–H groups in total. The number of amidine groups is 1. The summed E-state index contributed by atoms with van der Waals surface area (Å²) >= 11 is 7.23. The van der Waals surface area contributed by atoms with Gasteiger partial charge in [0.05, 0.1) is 18.1 Å². The van der Waals surface area contributed by atoms with Crippen LogP contribution in [0.2, 0.25) is 5.02 Å². The van der Waals surface area contributed by atoms with E-state index >= 15 is 0 Å². The van der Waals surface area contributed by atoms with Gasteiger partial charge in [0, 0.05) is 5.02 Å².